The van der Waals surface area contributed by atoms with Crippen molar-refractivity contribution in [1.82, 2.24) is 9.80 Å². The van der Waals surface area contributed by atoms with Gasteiger partial charge in [-0.2, -0.15) is 0 Å². The van der Waals surface area contributed by atoms with Crippen LogP contribution in [0.3, 0.4) is 0 Å². The fourth-order valence-electron chi connectivity index (χ4n) is 4.30. The molecule has 2 saturated heterocycles. The summed E-state index contributed by atoms with van der Waals surface area (Å²) in [6, 6.07) is 0. The number of hydrogen-bond donors (Lipinski definition) is 1. The minimum atomic E-state index is 0.289. The van der Waals surface area contributed by atoms with Gasteiger partial charge in [0.15, 0.2) is 0 Å². The molecule has 21 heavy (non-hydrogen) atoms. The molecule has 0 amide bonds. The van der Waals surface area contributed by atoms with Gasteiger partial charge in [-0.3, -0.25) is 4.90 Å². The molecule has 2 fully saturated rings. The van der Waals surface area contributed by atoms with Crippen molar-refractivity contribution in [2.75, 3.05) is 39.3 Å². The summed E-state index contributed by atoms with van der Waals surface area (Å²) < 4.78 is 0. The molecule has 0 radical (unpaired) electrons. The number of rotatable bonds is 5. The number of hydrogen-bond acceptors (Lipinski definition) is 3. The molecule has 0 aromatic heterocycles. The van der Waals surface area contributed by atoms with Crippen molar-refractivity contribution in [2.24, 2.45) is 11.1 Å². The second-order valence-electron chi connectivity index (χ2n) is 7.77. The minimum Gasteiger partial charge on any atom is -0.329 e. The Balaban J connectivity index is 1.98. The highest BCUT2D eigenvalue weighted by atomic mass is 15.2. The molecule has 124 valence electrons. The molecule has 2 N–H and O–H groups in total. The lowest BCUT2D eigenvalue weighted by atomic mass is 9.76. The molecule has 3 nitrogen and oxygen atoms in total. The van der Waals surface area contributed by atoms with Crippen LogP contribution in [0.5, 0.6) is 0 Å². The quantitative estimate of drug-likeness (QED) is 0.846. The molecule has 1 atom stereocenters. The van der Waals surface area contributed by atoms with Crippen molar-refractivity contribution in [3.8, 4) is 0 Å². The number of nitrogens with two attached hydrogens (primary N) is 1. The highest BCUT2D eigenvalue weighted by molar-refractivity contribution is 4.97. The zero-order chi connectivity index (χ0) is 15.3. The zero-order valence-electron chi connectivity index (χ0n) is 14.7. The third-order valence-corrected chi connectivity index (χ3v) is 6.42. The highest BCUT2D eigenvalue weighted by Gasteiger charge is 2.40. The second-order valence-corrected chi connectivity index (χ2v) is 7.77. The van der Waals surface area contributed by atoms with Crippen LogP contribution in [0.2, 0.25) is 0 Å². The van der Waals surface area contributed by atoms with Gasteiger partial charge in [-0.15, -0.1) is 0 Å². The average Bonchev–Trinajstić information content (AvgIpc) is 2.72. The van der Waals surface area contributed by atoms with Crippen LogP contribution in [-0.4, -0.2) is 54.6 Å². The van der Waals surface area contributed by atoms with E-state index in [0.29, 0.717) is 5.41 Å². The molecule has 0 spiro atoms. The number of likely N-dealkylation sites (tertiary alicyclic amines) is 2. The maximum Gasteiger partial charge on any atom is 0.0344 e. The summed E-state index contributed by atoms with van der Waals surface area (Å²) in [5.41, 5.74) is 7.16. The Bertz CT molecular complexity index is 310. The summed E-state index contributed by atoms with van der Waals surface area (Å²) in [5.74, 6) is 0. The molecule has 2 aliphatic heterocycles. The second kappa shape index (κ2) is 7.43. The third kappa shape index (κ3) is 4.00. The standard InChI is InChI=1S/C18H37N3/c1-4-11-20-12-6-7-18(16-19,10-13-20)21-14-8-17(3,5-2)9-15-21/h4-16,19H2,1-3H3. The van der Waals surface area contributed by atoms with Crippen LogP contribution in [0.1, 0.15) is 65.7 Å². The molecule has 2 rings (SSSR count). The van der Waals surface area contributed by atoms with Gasteiger partial charge < -0.3 is 10.6 Å². The summed E-state index contributed by atoms with van der Waals surface area (Å²) in [6.07, 6.45) is 9.18. The van der Waals surface area contributed by atoms with E-state index in [2.05, 4.69) is 30.6 Å². The van der Waals surface area contributed by atoms with E-state index < -0.39 is 0 Å². The van der Waals surface area contributed by atoms with Crippen LogP contribution >= 0.6 is 0 Å². The SMILES string of the molecule is CCCN1CCCC(CN)(N2CCC(C)(CC)CC2)CC1. The van der Waals surface area contributed by atoms with E-state index in [1.165, 1.54) is 77.7 Å². The summed E-state index contributed by atoms with van der Waals surface area (Å²) in [4.78, 5) is 5.41. The van der Waals surface area contributed by atoms with Crippen LogP contribution in [-0.2, 0) is 0 Å². The largest absolute Gasteiger partial charge is 0.329 e. The predicted octanol–water partition coefficient (Wildman–Crippen LogP) is 3.09. The molecule has 0 saturated carbocycles. The topological polar surface area (TPSA) is 32.5 Å². The van der Waals surface area contributed by atoms with Crippen LogP contribution in [0, 0.1) is 5.41 Å². The summed E-state index contributed by atoms with van der Waals surface area (Å²) >= 11 is 0. The van der Waals surface area contributed by atoms with Gasteiger partial charge in [-0.25, -0.2) is 0 Å². The summed E-state index contributed by atoms with van der Waals surface area (Å²) in [5, 5.41) is 0. The Labute approximate surface area is 132 Å². The monoisotopic (exact) mass is 295 g/mol. The van der Waals surface area contributed by atoms with Gasteiger partial charge in [0.05, 0.1) is 0 Å². The van der Waals surface area contributed by atoms with Gasteiger partial charge in [0.25, 0.3) is 0 Å². The van der Waals surface area contributed by atoms with E-state index in [1.807, 2.05) is 0 Å². The van der Waals surface area contributed by atoms with Gasteiger partial charge in [0.2, 0.25) is 0 Å². The van der Waals surface area contributed by atoms with Crippen molar-refractivity contribution in [3.05, 3.63) is 0 Å². The lowest BCUT2D eigenvalue weighted by molar-refractivity contribution is 0.0160. The predicted molar refractivity (Wildman–Crippen MR) is 91.6 cm³/mol. The van der Waals surface area contributed by atoms with Crippen molar-refractivity contribution in [3.63, 3.8) is 0 Å². The molecular formula is C18H37N3. The van der Waals surface area contributed by atoms with E-state index in [9.17, 15) is 0 Å². The number of piperidine rings is 1. The molecule has 0 aromatic carbocycles. The van der Waals surface area contributed by atoms with Gasteiger partial charge in [-0.05, 0) is 76.7 Å². The smallest absolute Gasteiger partial charge is 0.0344 e. The lowest BCUT2D eigenvalue weighted by Gasteiger charge is -2.49. The maximum atomic E-state index is 6.30. The molecule has 2 aliphatic rings. The van der Waals surface area contributed by atoms with Crippen LogP contribution in [0.4, 0.5) is 0 Å². The van der Waals surface area contributed by atoms with Crippen molar-refractivity contribution >= 4 is 0 Å². The van der Waals surface area contributed by atoms with Crippen LogP contribution < -0.4 is 5.73 Å². The van der Waals surface area contributed by atoms with Gasteiger partial charge in [-0.1, -0.05) is 27.2 Å². The molecule has 0 aromatic rings. The number of nitrogens with zero attached hydrogens (tertiary/aromatic N) is 2. The molecule has 0 bridgehead atoms. The zero-order valence-corrected chi connectivity index (χ0v) is 14.7. The first-order valence-electron chi connectivity index (χ1n) is 9.25. The first kappa shape index (κ1) is 17.2. The average molecular weight is 296 g/mol. The normalized spacial score (nSPS) is 32.0. The Morgan fingerprint density at radius 3 is 2.24 bits per heavy atom. The molecule has 2 heterocycles. The fourth-order valence-corrected chi connectivity index (χ4v) is 4.30. The van der Waals surface area contributed by atoms with Crippen LogP contribution in [0.25, 0.3) is 0 Å². The molecule has 1 unspecified atom stereocenters. The molecule has 3 heteroatoms. The Kier molecular flexibility index (Phi) is 6.10. The van der Waals surface area contributed by atoms with E-state index in [1.54, 1.807) is 0 Å². The maximum absolute atomic E-state index is 6.30. The van der Waals surface area contributed by atoms with Gasteiger partial charge in [0, 0.05) is 12.1 Å². The molecular weight excluding hydrogens is 258 g/mol. The fraction of sp³-hybridized carbons (Fsp3) is 1.00. The lowest BCUT2D eigenvalue weighted by Crippen LogP contribution is -2.57. The van der Waals surface area contributed by atoms with E-state index >= 15 is 0 Å². The Morgan fingerprint density at radius 2 is 1.67 bits per heavy atom. The van der Waals surface area contributed by atoms with E-state index in [4.69, 9.17) is 5.73 Å². The van der Waals surface area contributed by atoms with Crippen molar-refractivity contribution in [2.45, 2.75) is 71.3 Å². The molecule has 0 aliphatic carbocycles. The highest BCUT2D eigenvalue weighted by Crippen LogP contribution is 2.38. The Morgan fingerprint density at radius 1 is 0.952 bits per heavy atom. The van der Waals surface area contributed by atoms with Crippen LogP contribution in [0.15, 0.2) is 0 Å². The first-order chi connectivity index (χ1) is 10.1. The van der Waals surface area contributed by atoms with E-state index in [0.717, 1.165) is 6.54 Å². The summed E-state index contributed by atoms with van der Waals surface area (Å²) in [7, 11) is 0. The minimum absolute atomic E-state index is 0.289. The van der Waals surface area contributed by atoms with E-state index in [-0.39, 0.29) is 5.54 Å². The van der Waals surface area contributed by atoms with Crippen molar-refractivity contribution in [1.29, 1.82) is 0 Å². The Hall–Kier alpha value is -0.120. The summed E-state index contributed by atoms with van der Waals surface area (Å²) in [6.45, 7) is 14.2. The van der Waals surface area contributed by atoms with Gasteiger partial charge in [0.1, 0.15) is 0 Å². The van der Waals surface area contributed by atoms with Gasteiger partial charge >= 0.3 is 0 Å². The van der Waals surface area contributed by atoms with Crippen molar-refractivity contribution < 1.29 is 0 Å². The third-order valence-electron chi connectivity index (χ3n) is 6.42. The first-order valence-corrected chi connectivity index (χ1v) is 9.25.